The summed E-state index contributed by atoms with van der Waals surface area (Å²) in [6.07, 6.45) is 1.54. The number of carbonyl (C=O) groups excluding carboxylic acids is 2. The number of rotatable bonds is 7. The lowest BCUT2D eigenvalue weighted by molar-refractivity contribution is -0.137. The van der Waals surface area contributed by atoms with Crippen LogP contribution in [0.4, 0.5) is 0 Å². The first-order valence-electron chi connectivity index (χ1n) is 10.6. The van der Waals surface area contributed by atoms with Crippen LogP contribution in [0.2, 0.25) is 0 Å². The summed E-state index contributed by atoms with van der Waals surface area (Å²) in [7, 11) is 1.77. The zero-order chi connectivity index (χ0) is 21.9. The smallest absolute Gasteiger partial charge is 0.263 e. The Balaban J connectivity index is 1.56. The average molecular weight is 409 g/mol. The van der Waals surface area contributed by atoms with Crippen molar-refractivity contribution in [3.63, 3.8) is 0 Å². The fraction of sp³-hybridized carbons (Fsp3) is 0.440. The monoisotopic (exact) mass is 408 g/mol. The Morgan fingerprint density at radius 3 is 2.40 bits per heavy atom. The summed E-state index contributed by atoms with van der Waals surface area (Å²) < 4.78 is 5.92. The molecule has 0 heterocycles. The van der Waals surface area contributed by atoms with Crippen molar-refractivity contribution in [3.05, 3.63) is 65.2 Å². The van der Waals surface area contributed by atoms with Gasteiger partial charge in [-0.25, -0.2) is 0 Å². The number of hydrogen-bond donors (Lipinski definition) is 1. The molecule has 1 aliphatic rings. The maximum atomic E-state index is 12.8. The molecule has 0 bridgehead atoms. The third-order valence-electron chi connectivity index (χ3n) is 5.29. The van der Waals surface area contributed by atoms with E-state index in [-0.39, 0.29) is 17.2 Å². The summed E-state index contributed by atoms with van der Waals surface area (Å²) in [4.78, 5) is 26.5. The fourth-order valence-electron chi connectivity index (χ4n) is 3.21. The molecular weight excluding hydrogens is 376 g/mol. The quantitative estimate of drug-likeness (QED) is 0.743. The van der Waals surface area contributed by atoms with Crippen LogP contribution in [0, 0.1) is 0 Å². The van der Waals surface area contributed by atoms with Gasteiger partial charge in [0.05, 0.1) is 0 Å². The summed E-state index contributed by atoms with van der Waals surface area (Å²) in [5, 5.41) is 2.98. The molecule has 1 aliphatic carbocycles. The number of hydrogen-bond acceptors (Lipinski definition) is 3. The molecule has 1 saturated carbocycles. The van der Waals surface area contributed by atoms with Gasteiger partial charge in [0, 0.05) is 25.2 Å². The van der Waals surface area contributed by atoms with Crippen LogP contribution in [0.3, 0.4) is 0 Å². The first-order valence-corrected chi connectivity index (χ1v) is 10.6. The van der Waals surface area contributed by atoms with Crippen molar-refractivity contribution in [2.75, 3.05) is 7.05 Å². The van der Waals surface area contributed by atoms with Crippen LogP contribution >= 0.6 is 0 Å². The van der Waals surface area contributed by atoms with Crippen LogP contribution in [-0.2, 0) is 16.8 Å². The predicted octanol–water partition coefficient (Wildman–Crippen LogP) is 4.30. The van der Waals surface area contributed by atoms with Crippen LogP contribution in [0.1, 0.15) is 62.0 Å². The Bertz CT molecular complexity index is 895. The van der Waals surface area contributed by atoms with E-state index < -0.39 is 6.10 Å². The van der Waals surface area contributed by atoms with E-state index in [4.69, 9.17) is 4.74 Å². The van der Waals surface area contributed by atoms with E-state index in [9.17, 15) is 9.59 Å². The zero-order valence-electron chi connectivity index (χ0n) is 18.6. The van der Waals surface area contributed by atoms with Gasteiger partial charge in [-0.15, -0.1) is 0 Å². The molecule has 0 unspecified atom stereocenters. The zero-order valence-corrected chi connectivity index (χ0v) is 18.6. The minimum absolute atomic E-state index is 0.0190. The number of benzene rings is 2. The third-order valence-corrected chi connectivity index (χ3v) is 5.29. The maximum Gasteiger partial charge on any atom is 0.263 e. The molecule has 3 rings (SSSR count). The van der Waals surface area contributed by atoms with E-state index in [1.54, 1.807) is 18.9 Å². The second kappa shape index (κ2) is 8.90. The highest BCUT2D eigenvalue weighted by Gasteiger charge is 2.24. The van der Waals surface area contributed by atoms with E-state index in [0.29, 0.717) is 23.9 Å². The number of carbonyl (C=O) groups is 2. The highest BCUT2D eigenvalue weighted by Crippen LogP contribution is 2.26. The van der Waals surface area contributed by atoms with Gasteiger partial charge in [0.25, 0.3) is 11.8 Å². The maximum absolute atomic E-state index is 12.8. The number of amides is 2. The lowest BCUT2D eigenvalue weighted by Gasteiger charge is -2.24. The lowest BCUT2D eigenvalue weighted by atomic mass is 9.87. The summed E-state index contributed by atoms with van der Waals surface area (Å²) in [5.41, 5.74) is 2.80. The van der Waals surface area contributed by atoms with Crippen LogP contribution in [0.15, 0.2) is 48.5 Å². The average Bonchev–Trinajstić information content (AvgIpc) is 3.51. The summed E-state index contributed by atoms with van der Waals surface area (Å²) in [6.45, 7) is 8.67. The standard InChI is InChI=1S/C25H32N2O3/c1-17(30-22-8-6-7-20(15-22)25(2,3)4)24(29)27(5)16-18-9-11-19(12-10-18)23(28)26-21-13-14-21/h6-12,15,17,21H,13-14,16H2,1-5H3,(H,26,28)/t17-/m0/s1. The van der Waals surface area contributed by atoms with Gasteiger partial charge in [0.15, 0.2) is 6.10 Å². The first kappa shape index (κ1) is 21.9. The van der Waals surface area contributed by atoms with Crippen LogP contribution in [0.5, 0.6) is 5.75 Å². The number of nitrogens with one attached hydrogen (secondary N) is 1. The Kier molecular flexibility index (Phi) is 6.49. The van der Waals surface area contributed by atoms with Crippen LogP contribution < -0.4 is 10.1 Å². The van der Waals surface area contributed by atoms with Crippen molar-refractivity contribution >= 4 is 11.8 Å². The molecular formula is C25H32N2O3. The van der Waals surface area contributed by atoms with Crippen molar-refractivity contribution in [1.29, 1.82) is 0 Å². The van der Waals surface area contributed by atoms with Crippen molar-refractivity contribution in [1.82, 2.24) is 10.2 Å². The fourth-order valence-corrected chi connectivity index (χ4v) is 3.21. The van der Waals surface area contributed by atoms with E-state index >= 15 is 0 Å². The van der Waals surface area contributed by atoms with Gasteiger partial charge in [-0.2, -0.15) is 0 Å². The molecule has 0 radical (unpaired) electrons. The lowest BCUT2D eigenvalue weighted by Crippen LogP contribution is -2.37. The highest BCUT2D eigenvalue weighted by molar-refractivity contribution is 5.94. The van der Waals surface area contributed by atoms with Crippen LogP contribution in [0.25, 0.3) is 0 Å². The number of likely N-dealkylation sites (N-methyl/N-ethyl adjacent to an activating group) is 1. The molecule has 0 saturated heterocycles. The first-order chi connectivity index (χ1) is 14.1. The second-order valence-electron chi connectivity index (χ2n) is 9.18. The summed E-state index contributed by atoms with van der Waals surface area (Å²) >= 11 is 0. The van der Waals surface area contributed by atoms with E-state index in [2.05, 4.69) is 32.2 Å². The van der Waals surface area contributed by atoms with Gasteiger partial charge in [-0.05, 0) is 60.6 Å². The summed E-state index contributed by atoms with van der Waals surface area (Å²) in [5.74, 6) is 0.572. The molecule has 5 nitrogen and oxygen atoms in total. The van der Waals surface area contributed by atoms with Gasteiger partial charge in [-0.1, -0.05) is 45.0 Å². The molecule has 160 valence electrons. The largest absolute Gasteiger partial charge is 0.481 e. The van der Waals surface area contributed by atoms with Crippen molar-refractivity contribution in [3.8, 4) is 5.75 Å². The van der Waals surface area contributed by atoms with E-state index in [0.717, 1.165) is 18.4 Å². The third kappa shape index (κ3) is 5.85. The molecule has 1 fully saturated rings. The molecule has 2 amide bonds. The molecule has 30 heavy (non-hydrogen) atoms. The predicted molar refractivity (Wildman–Crippen MR) is 119 cm³/mol. The Morgan fingerprint density at radius 1 is 1.13 bits per heavy atom. The van der Waals surface area contributed by atoms with Gasteiger partial charge in [-0.3, -0.25) is 9.59 Å². The SMILES string of the molecule is C[C@H](Oc1cccc(C(C)(C)C)c1)C(=O)N(C)Cc1ccc(C(=O)NC2CC2)cc1. The van der Waals surface area contributed by atoms with Crippen molar-refractivity contribution in [2.45, 2.75) is 64.6 Å². The van der Waals surface area contributed by atoms with Crippen LogP contribution in [-0.4, -0.2) is 35.9 Å². The molecule has 5 heteroatoms. The van der Waals surface area contributed by atoms with E-state index in [1.807, 2.05) is 42.5 Å². The van der Waals surface area contributed by atoms with Gasteiger partial charge in [0.1, 0.15) is 5.75 Å². The minimum Gasteiger partial charge on any atom is -0.481 e. The van der Waals surface area contributed by atoms with Gasteiger partial charge in [0.2, 0.25) is 0 Å². The minimum atomic E-state index is -0.589. The normalized spacial score (nSPS) is 14.7. The Labute approximate surface area is 179 Å². The topological polar surface area (TPSA) is 58.6 Å². The highest BCUT2D eigenvalue weighted by atomic mass is 16.5. The van der Waals surface area contributed by atoms with E-state index in [1.165, 1.54) is 5.56 Å². The second-order valence-corrected chi connectivity index (χ2v) is 9.18. The van der Waals surface area contributed by atoms with Gasteiger partial charge >= 0.3 is 0 Å². The van der Waals surface area contributed by atoms with Crippen molar-refractivity contribution in [2.24, 2.45) is 0 Å². The number of ether oxygens (including phenoxy) is 1. The Morgan fingerprint density at radius 2 is 1.80 bits per heavy atom. The molecule has 2 aromatic rings. The Hall–Kier alpha value is -2.82. The molecule has 0 spiro atoms. The summed E-state index contributed by atoms with van der Waals surface area (Å²) in [6, 6.07) is 15.6. The van der Waals surface area contributed by atoms with Gasteiger partial charge < -0.3 is 15.0 Å². The molecule has 2 aromatic carbocycles. The van der Waals surface area contributed by atoms with Crippen molar-refractivity contribution < 1.29 is 14.3 Å². The molecule has 1 N–H and O–H groups in total. The molecule has 0 aliphatic heterocycles. The number of nitrogens with zero attached hydrogens (tertiary/aromatic N) is 1. The molecule has 1 atom stereocenters. The molecule has 0 aromatic heterocycles.